The summed E-state index contributed by atoms with van der Waals surface area (Å²) in [5.74, 6) is 0.337. The van der Waals surface area contributed by atoms with Crippen LogP contribution in [0.25, 0.3) is 0 Å². The molecule has 0 saturated heterocycles. The lowest BCUT2D eigenvalue weighted by atomic mass is 9.96. The average molecular weight is 253 g/mol. The van der Waals surface area contributed by atoms with Crippen molar-refractivity contribution >= 4 is 0 Å². The average Bonchev–Trinajstić information content (AvgIpc) is 2.61. The summed E-state index contributed by atoms with van der Waals surface area (Å²) in [5.41, 5.74) is 0.545. The maximum absolute atomic E-state index is 13.7. The second-order valence-corrected chi connectivity index (χ2v) is 5.57. The first-order valence-electron chi connectivity index (χ1n) is 6.70. The Kier molecular flexibility index (Phi) is 4.00. The Balaban J connectivity index is 2.05. The molecule has 18 heavy (non-hydrogen) atoms. The molecular weight excluding hydrogens is 232 g/mol. The second kappa shape index (κ2) is 5.35. The van der Waals surface area contributed by atoms with E-state index in [9.17, 15) is 8.78 Å². The van der Waals surface area contributed by atoms with Crippen LogP contribution in [-0.4, -0.2) is 6.04 Å². The molecule has 1 N–H and O–H groups in total. The van der Waals surface area contributed by atoms with Gasteiger partial charge in [0.25, 0.3) is 0 Å². The standard InChI is InChI=1S/C15H21F2N/c1-9-4-7-15(10(9)2)18-11(3)13-6-5-12(16)8-14(13)17/h5-6,8-11,15,18H,4,7H2,1-3H3. The molecule has 0 aliphatic heterocycles. The van der Waals surface area contributed by atoms with Crippen molar-refractivity contribution in [3.8, 4) is 0 Å². The molecule has 1 saturated carbocycles. The van der Waals surface area contributed by atoms with Crippen LogP contribution in [0.2, 0.25) is 0 Å². The van der Waals surface area contributed by atoms with Gasteiger partial charge in [0.05, 0.1) is 0 Å². The van der Waals surface area contributed by atoms with Gasteiger partial charge in [-0.1, -0.05) is 19.9 Å². The lowest BCUT2D eigenvalue weighted by molar-refractivity contribution is 0.343. The molecule has 1 fully saturated rings. The van der Waals surface area contributed by atoms with Crippen molar-refractivity contribution in [2.45, 2.75) is 45.7 Å². The summed E-state index contributed by atoms with van der Waals surface area (Å²) >= 11 is 0. The molecule has 100 valence electrons. The maximum Gasteiger partial charge on any atom is 0.130 e. The molecule has 0 aromatic heterocycles. The fourth-order valence-electron chi connectivity index (χ4n) is 2.86. The van der Waals surface area contributed by atoms with E-state index in [1.165, 1.54) is 18.6 Å². The Morgan fingerprint density at radius 3 is 2.50 bits per heavy atom. The Morgan fingerprint density at radius 2 is 1.94 bits per heavy atom. The van der Waals surface area contributed by atoms with Gasteiger partial charge in [0, 0.05) is 23.7 Å². The predicted molar refractivity (Wildman–Crippen MR) is 69.3 cm³/mol. The van der Waals surface area contributed by atoms with Crippen molar-refractivity contribution < 1.29 is 8.78 Å². The molecule has 0 heterocycles. The number of rotatable bonds is 3. The minimum Gasteiger partial charge on any atom is -0.307 e. The molecule has 3 heteroatoms. The first-order valence-corrected chi connectivity index (χ1v) is 6.70. The first-order chi connectivity index (χ1) is 8.49. The summed E-state index contributed by atoms with van der Waals surface area (Å²) in [6.45, 7) is 6.44. The molecule has 0 bridgehead atoms. The van der Waals surface area contributed by atoms with Crippen LogP contribution in [0.3, 0.4) is 0 Å². The van der Waals surface area contributed by atoms with Crippen molar-refractivity contribution in [3.05, 3.63) is 35.4 Å². The minimum atomic E-state index is -0.522. The van der Waals surface area contributed by atoms with Gasteiger partial charge in [0.2, 0.25) is 0 Å². The second-order valence-electron chi connectivity index (χ2n) is 5.57. The molecule has 1 aromatic carbocycles. The molecule has 1 aliphatic carbocycles. The zero-order valence-corrected chi connectivity index (χ0v) is 11.2. The maximum atomic E-state index is 13.7. The molecule has 0 radical (unpaired) electrons. The zero-order chi connectivity index (χ0) is 13.3. The van der Waals surface area contributed by atoms with Gasteiger partial charge in [-0.3, -0.25) is 0 Å². The summed E-state index contributed by atoms with van der Waals surface area (Å²) in [7, 11) is 0. The van der Waals surface area contributed by atoms with Crippen molar-refractivity contribution in [2.24, 2.45) is 11.8 Å². The van der Waals surface area contributed by atoms with E-state index in [-0.39, 0.29) is 6.04 Å². The molecule has 0 spiro atoms. The number of hydrogen-bond donors (Lipinski definition) is 1. The van der Waals surface area contributed by atoms with Gasteiger partial charge in [-0.05, 0) is 37.7 Å². The monoisotopic (exact) mass is 253 g/mol. The summed E-state index contributed by atoms with van der Waals surface area (Å²) in [6, 6.07) is 4.15. The van der Waals surface area contributed by atoms with Crippen LogP contribution in [0.5, 0.6) is 0 Å². The number of hydrogen-bond acceptors (Lipinski definition) is 1. The van der Waals surface area contributed by atoms with E-state index in [0.29, 0.717) is 23.4 Å². The largest absolute Gasteiger partial charge is 0.307 e. The third-order valence-corrected chi connectivity index (χ3v) is 4.36. The zero-order valence-electron chi connectivity index (χ0n) is 11.2. The van der Waals surface area contributed by atoms with Gasteiger partial charge >= 0.3 is 0 Å². The van der Waals surface area contributed by atoms with E-state index in [1.54, 1.807) is 0 Å². The lowest BCUT2D eigenvalue weighted by Gasteiger charge is -2.24. The van der Waals surface area contributed by atoms with Gasteiger partial charge in [0.1, 0.15) is 11.6 Å². The Morgan fingerprint density at radius 1 is 1.22 bits per heavy atom. The van der Waals surface area contributed by atoms with Gasteiger partial charge in [0.15, 0.2) is 0 Å². The summed E-state index contributed by atoms with van der Waals surface area (Å²) in [6.07, 6.45) is 2.35. The van der Waals surface area contributed by atoms with Crippen LogP contribution in [-0.2, 0) is 0 Å². The molecular formula is C15H21F2N. The van der Waals surface area contributed by atoms with Crippen LogP contribution >= 0.6 is 0 Å². The van der Waals surface area contributed by atoms with E-state index in [1.807, 2.05) is 6.92 Å². The summed E-state index contributed by atoms with van der Waals surface area (Å²) in [4.78, 5) is 0. The Bertz CT molecular complexity index is 419. The quantitative estimate of drug-likeness (QED) is 0.857. The van der Waals surface area contributed by atoms with Crippen molar-refractivity contribution in [1.29, 1.82) is 0 Å². The van der Waals surface area contributed by atoms with E-state index in [4.69, 9.17) is 0 Å². The highest BCUT2D eigenvalue weighted by Gasteiger charge is 2.30. The normalized spacial score (nSPS) is 29.5. The smallest absolute Gasteiger partial charge is 0.130 e. The third-order valence-electron chi connectivity index (χ3n) is 4.36. The highest BCUT2D eigenvalue weighted by Crippen LogP contribution is 2.32. The molecule has 2 rings (SSSR count). The van der Waals surface area contributed by atoms with Crippen LogP contribution in [0, 0.1) is 23.5 Å². The van der Waals surface area contributed by atoms with Crippen molar-refractivity contribution in [3.63, 3.8) is 0 Å². The predicted octanol–water partition coefficient (Wildman–Crippen LogP) is 4.05. The SMILES string of the molecule is CC(NC1CCC(C)C1C)c1ccc(F)cc1F. The Labute approximate surface area is 108 Å². The van der Waals surface area contributed by atoms with Gasteiger partial charge in [-0.15, -0.1) is 0 Å². The highest BCUT2D eigenvalue weighted by atomic mass is 19.1. The lowest BCUT2D eigenvalue weighted by Crippen LogP contribution is -2.34. The molecule has 1 aromatic rings. The summed E-state index contributed by atoms with van der Waals surface area (Å²) in [5, 5.41) is 3.47. The van der Waals surface area contributed by atoms with Crippen molar-refractivity contribution in [1.82, 2.24) is 5.32 Å². The molecule has 0 amide bonds. The van der Waals surface area contributed by atoms with Crippen molar-refractivity contribution in [2.75, 3.05) is 0 Å². The minimum absolute atomic E-state index is 0.0802. The van der Waals surface area contributed by atoms with Crippen LogP contribution < -0.4 is 5.32 Å². The van der Waals surface area contributed by atoms with E-state index in [2.05, 4.69) is 19.2 Å². The summed E-state index contributed by atoms with van der Waals surface area (Å²) < 4.78 is 26.5. The van der Waals surface area contributed by atoms with E-state index < -0.39 is 11.6 Å². The first kappa shape index (κ1) is 13.5. The number of benzene rings is 1. The fourth-order valence-corrected chi connectivity index (χ4v) is 2.86. The van der Waals surface area contributed by atoms with Crippen LogP contribution in [0.4, 0.5) is 8.78 Å². The highest BCUT2D eigenvalue weighted by molar-refractivity contribution is 5.21. The molecule has 1 nitrogen and oxygen atoms in total. The molecule has 4 atom stereocenters. The topological polar surface area (TPSA) is 12.0 Å². The van der Waals surface area contributed by atoms with E-state index >= 15 is 0 Å². The van der Waals surface area contributed by atoms with E-state index in [0.717, 1.165) is 12.5 Å². The molecule has 4 unspecified atom stereocenters. The Hall–Kier alpha value is -0.960. The fraction of sp³-hybridized carbons (Fsp3) is 0.600. The number of nitrogens with one attached hydrogen (secondary N) is 1. The number of halogens is 2. The van der Waals surface area contributed by atoms with Crippen LogP contribution in [0.15, 0.2) is 18.2 Å². The van der Waals surface area contributed by atoms with Gasteiger partial charge in [-0.25, -0.2) is 8.78 Å². The van der Waals surface area contributed by atoms with Gasteiger partial charge < -0.3 is 5.32 Å². The van der Waals surface area contributed by atoms with Crippen LogP contribution in [0.1, 0.15) is 45.2 Å². The molecule has 1 aliphatic rings. The third kappa shape index (κ3) is 2.72. The van der Waals surface area contributed by atoms with Gasteiger partial charge in [-0.2, -0.15) is 0 Å².